The number of aromatic nitrogens is 2. The van der Waals surface area contributed by atoms with Crippen LogP contribution in [0.2, 0.25) is 0 Å². The van der Waals surface area contributed by atoms with Gasteiger partial charge < -0.3 is 9.67 Å². The molecule has 0 aliphatic heterocycles. The number of imidazole rings is 1. The number of hydrogen-bond acceptors (Lipinski definition) is 2. The van der Waals surface area contributed by atoms with Crippen LogP contribution in [0.1, 0.15) is 28.6 Å². The van der Waals surface area contributed by atoms with E-state index in [-0.39, 0.29) is 0 Å². The quantitative estimate of drug-likeness (QED) is 0.880. The summed E-state index contributed by atoms with van der Waals surface area (Å²) >= 11 is 0. The summed E-state index contributed by atoms with van der Waals surface area (Å²) in [7, 11) is 0. The third-order valence-electron chi connectivity index (χ3n) is 3.18. The van der Waals surface area contributed by atoms with Crippen LogP contribution in [0.3, 0.4) is 0 Å². The normalized spacial score (nSPS) is 12.7. The first kappa shape index (κ1) is 11.9. The van der Waals surface area contributed by atoms with Crippen molar-refractivity contribution in [3.63, 3.8) is 0 Å². The Morgan fingerprint density at radius 3 is 2.35 bits per heavy atom. The third-order valence-corrected chi connectivity index (χ3v) is 3.18. The molecule has 0 radical (unpaired) electrons. The average molecular weight is 230 g/mol. The number of aliphatic hydroxyl groups is 1. The zero-order valence-corrected chi connectivity index (χ0v) is 10.5. The molecule has 1 N–H and O–H groups in total. The van der Waals surface area contributed by atoms with Crippen molar-refractivity contribution in [1.82, 2.24) is 9.55 Å². The molecule has 0 bridgehead atoms. The Hall–Kier alpha value is -1.61. The molecule has 0 saturated carbocycles. The molecule has 0 saturated heterocycles. The minimum Gasteiger partial charge on any atom is -0.387 e. The molecular formula is C14H18N2O. The summed E-state index contributed by atoms with van der Waals surface area (Å²) in [6, 6.07) is 7.98. The molecule has 90 valence electrons. The van der Waals surface area contributed by atoms with E-state index in [9.17, 15) is 5.11 Å². The molecule has 0 aliphatic carbocycles. The fraction of sp³-hybridized carbons (Fsp3) is 0.357. The van der Waals surface area contributed by atoms with Crippen LogP contribution >= 0.6 is 0 Å². The zero-order valence-electron chi connectivity index (χ0n) is 10.5. The largest absolute Gasteiger partial charge is 0.387 e. The molecule has 0 fully saturated rings. The lowest BCUT2D eigenvalue weighted by Gasteiger charge is -2.13. The second-order valence-corrected chi connectivity index (χ2v) is 4.49. The van der Waals surface area contributed by atoms with Crippen LogP contribution in [0.5, 0.6) is 0 Å². The topological polar surface area (TPSA) is 38.0 Å². The van der Waals surface area contributed by atoms with Crippen molar-refractivity contribution in [3.8, 4) is 0 Å². The number of rotatable bonds is 3. The molecule has 1 heterocycles. The lowest BCUT2D eigenvalue weighted by Crippen LogP contribution is -2.09. The van der Waals surface area contributed by atoms with Crippen molar-refractivity contribution in [2.24, 2.45) is 0 Å². The van der Waals surface area contributed by atoms with Gasteiger partial charge in [0, 0.05) is 5.69 Å². The van der Waals surface area contributed by atoms with E-state index in [1.807, 2.05) is 49.6 Å². The smallest absolute Gasteiger partial charge is 0.0969 e. The number of aryl methyl sites for hydroxylation is 2. The first-order valence-corrected chi connectivity index (χ1v) is 5.81. The maximum Gasteiger partial charge on any atom is 0.0969 e. The Labute approximate surface area is 102 Å². The molecule has 2 aromatic rings. The van der Waals surface area contributed by atoms with E-state index in [1.165, 1.54) is 5.56 Å². The standard InChI is InChI=1S/C14H18N2O/c1-10-4-6-13(7-5-10)14(17)8-16-9-15-11(2)12(16)3/h4-7,9,14,17H,8H2,1-3H3. The zero-order chi connectivity index (χ0) is 12.4. The third kappa shape index (κ3) is 2.56. The van der Waals surface area contributed by atoms with Crippen LogP contribution in [-0.4, -0.2) is 14.7 Å². The molecule has 1 aromatic carbocycles. The summed E-state index contributed by atoms with van der Waals surface area (Å²) in [5.41, 5.74) is 4.27. The predicted molar refractivity (Wildman–Crippen MR) is 67.8 cm³/mol. The molecule has 3 nitrogen and oxygen atoms in total. The van der Waals surface area contributed by atoms with E-state index in [1.54, 1.807) is 6.33 Å². The fourth-order valence-electron chi connectivity index (χ4n) is 1.81. The van der Waals surface area contributed by atoms with E-state index in [0.29, 0.717) is 6.54 Å². The van der Waals surface area contributed by atoms with Crippen molar-refractivity contribution in [2.45, 2.75) is 33.4 Å². The van der Waals surface area contributed by atoms with E-state index >= 15 is 0 Å². The Morgan fingerprint density at radius 1 is 1.18 bits per heavy atom. The van der Waals surface area contributed by atoms with Crippen molar-refractivity contribution >= 4 is 0 Å². The van der Waals surface area contributed by atoms with Crippen molar-refractivity contribution in [2.75, 3.05) is 0 Å². The SMILES string of the molecule is Cc1ccc(C(O)Cn2cnc(C)c2C)cc1. The summed E-state index contributed by atoms with van der Waals surface area (Å²) in [5.74, 6) is 0. The lowest BCUT2D eigenvalue weighted by molar-refractivity contribution is 0.155. The van der Waals surface area contributed by atoms with Crippen LogP contribution in [0.25, 0.3) is 0 Å². The molecule has 1 aromatic heterocycles. The molecule has 1 atom stereocenters. The van der Waals surface area contributed by atoms with Gasteiger partial charge in [-0.3, -0.25) is 0 Å². The van der Waals surface area contributed by atoms with Crippen LogP contribution in [0, 0.1) is 20.8 Å². The van der Waals surface area contributed by atoms with Crippen LogP contribution in [0.4, 0.5) is 0 Å². The molecule has 0 spiro atoms. The Morgan fingerprint density at radius 2 is 1.82 bits per heavy atom. The van der Waals surface area contributed by atoms with Gasteiger partial charge in [-0.1, -0.05) is 29.8 Å². The number of benzene rings is 1. The summed E-state index contributed by atoms with van der Waals surface area (Å²) in [6.45, 7) is 6.59. The van der Waals surface area contributed by atoms with E-state index in [2.05, 4.69) is 4.98 Å². The summed E-state index contributed by atoms with van der Waals surface area (Å²) in [4.78, 5) is 4.23. The molecule has 17 heavy (non-hydrogen) atoms. The monoisotopic (exact) mass is 230 g/mol. The Bertz CT molecular complexity index is 499. The van der Waals surface area contributed by atoms with Crippen molar-refractivity contribution in [1.29, 1.82) is 0 Å². The predicted octanol–water partition coefficient (Wildman–Crippen LogP) is 2.54. The molecular weight excluding hydrogens is 212 g/mol. The van der Waals surface area contributed by atoms with E-state index in [0.717, 1.165) is 17.0 Å². The Kier molecular flexibility index (Phi) is 3.29. The van der Waals surface area contributed by atoms with Crippen LogP contribution in [-0.2, 0) is 6.54 Å². The molecule has 2 rings (SSSR count). The van der Waals surface area contributed by atoms with Gasteiger partial charge in [-0.25, -0.2) is 4.98 Å². The molecule has 1 unspecified atom stereocenters. The fourth-order valence-corrected chi connectivity index (χ4v) is 1.81. The number of hydrogen-bond donors (Lipinski definition) is 1. The van der Waals surface area contributed by atoms with Gasteiger partial charge in [0.15, 0.2) is 0 Å². The second-order valence-electron chi connectivity index (χ2n) is 4.49. The van der Waals surface area contributed by atoms with Crippen molar-refractivity contribution < 1.29 is 5.11 Å². The highest BCUT2D eigenvalue weighted by Crippen LogP contribution is 2.17. The van der Waals surface area contributed by atoms with Gasteiger partial charge in [-0.2, -0.15) is 0 Å². The highest BCUT2D eigenvalue weighted by molar-refractivity contribution is 5.23. The number of nitrogens with zero attached hydrogens (tertiary/aromatic N) is 2. The van der Waals surface area contributed by atoms with Gasteiger partial charge in [0.1, 0.15) is 0 Å². The van der Waals surface area contributed by atoms with Crippen LogP contribution < -0.4 is 0 Å². The van der Waals surface area contributed by atoms with Gasteiger partial charge in [0.05, 0.1) is 24.7 Å². The minimum absolute atomic E-state index is 0.483. The van der Waals surface area contributed by atoms with Crippen LogP contribution in [0.15, 0.2) is 30.6 Å². The van der Waals surface area contributed by atoms with Gasteiger partial charge in [-0.15, -0.1) is 0 Å². The summed E-state index contributed by atoms with van der Waals surface area (Å²) in [5, 5.41) is 10.1. The Balaban J connectivity index is 2.14. The van der Waals surface area contributed by atoms with Gasteiger partial charge in [-0.05, 0) is 26.3 Å². The maximum atomic E-state index is 10.1. The summed E-state index contributed by atoms with van der Waals surface area (Å²) < 4.78 is 1.99. The van der Waals surface area contributed by atoms with Gasteiger partial charge in [0.25, 0.3) is 0 Å². The minimum atomic E-state index is -0.483. The first-order valence-electron chi connectivity index (χ1n) is 5.81. The molecule has 0 aliphatic rings. The molecule has 0 amide bonds. The van der Waals surface area contributed by atoms with E-state index < -0.39 is 6.10 Å². The highest BCUT2D eigenvalue weighted by Gasteiger charge is 2.10. The molecule has 3 heteroatoms. The number of aliphatic hydroxyl groups excluding tert-OH is 1. The van der Waals surface area contributed by atoms with Crippen molar-refractivity contribution in [3.05, 3.63) is 53.1 Å². The summed E-state index contributed by atoms with van der Waals surface area (Å²) in [6.07, 6.45) is 1.30. The van der Waals surface area contributed by atoms with E-state index in [4.69, 9.17) is 0 Å². The first-order chi connectivity index (χ1) is 8.08. The lowest BCUT2D eigenvalue weighted by atomic mass is 10.1. The van der Waals surface area contributed by atoms with Gasteiger partial charge in [0.2, 0.25) is 0 Å². The highest BCUT2D eigenvalue weighted by atomic mass is 16.3. The average Bonchev–Trinajstić information content (AvgIpc) is 2.62. The maximum absolute atomic E-state index is 10.1. The van der Waals surface area contributed by atoms with Gasteiger partial charge >= 0.3 is 0 Å². The second kappa shape index (κ2) is 4.72.